The van der Waals surface area contributed by atoms with Crippen molar-refractivity contribution in [3.8, 4) is 0 Å². The molecule has 0 fully saturated rings. The molecular formula is C9H6Cl2N2S2. The second kappa shape index (κ2) is 4.61. The smallest absolute Gasteiger partial charge is 0.154 e. The molecule has 6 heteroatoms. The van der Waals surface area contributed by atoms with Gasteiger partial charge in [-0.15, -0.1) is 11.3 Å². The van der Waals surface area contributed by atoms with E-state index in [-0.39, 0.29) is 0 Å². The third-order valence-corrected chi connectivity index (χ3v) is 4.47. The predicted molar refractivity (Wildman–Crippen MR) is 67.1 cm³/mol. The zero-order valence-corrected chi connectivity index (χ0v) is 10.6. The fourth-order valence-electron chi connectivity index (χ4n) is 1.03. The standard InChI is InChI=1S/C9H6Cl2N2S2/c10-6-3-5(12)4-7(11)8(6)15-9-13-1-2-14-9/h1-4H,12H2. The van der Waals surface area contributed by atoms with Crippen LogP contribution in [-0.4, -0.2) is 4.98 Å². The highest BCUT2D eigenvalue weighted by Crippen LogP contribution is 2.40. The molecule has 0 aliphatic heterocycles. The highest BCUT2D eigenvalue weighted by atomic mass is 35.5. The molecule has 2 rings (SSSR count). The summed E-state index contributed by atoms with van der Waals surface area (Å²) in [4.78, 5) is 4.94. The number of aromatic nitrogens is 1. The zero-order valence-electron chi connectivity index (χ0n) is 7.41. The summed E-state index contributed by atoms with van der Waals surface area (Å²) >= 11 is 15.1. The van der Waals surface area contributed by atoms with E-state index in [1.54, 1.807) is 29.7 Å². The zero-order chi connectivity index (χ0) is 10.8. The third kappa shape index (κ3) is 2.58. The molecule has 15 heavy (non-hydrogen) atoms. The average Bonchev–Trinajstić information content (AvgIpc) is 2.63. The van der Waals surface area contributed by atoms with Crippen LogP contribution >= 0.6 is 46.3 Å². The normalized spacial score (nSPS) is 10.5. The number of nitrogens with zero attached hydrogens (tertiary/aromatic N) is 1. The lowest BCUT2D eigenvalue weighted by Gasteiger charge is -2.05. The quantitative estimate of drug-likeness (QED) is 0.837. The number of hydrogen-bond donors (Lipinski definition) is 1. The molecule has 78 valence electrons. The molecule has 2 aromatic rings. The molecule has 0 spiro atoms. The summed E-state index contributed by atoms with van der Waals surface area (Å²) in [5.74, 6) is 0. The van der Waals surface area contributed by atoms with E-state index in [9.17, 15) is 0 Å². The van der Waals surface area contributed by atoms with Crippen LogP contribution in [-0.2, 0) is 0 Å². The van der Waals surface area contributed by atoms with Crippen molar-refractivity contribution in [2.75, 3.05) is 5.73 Å². The van der Waals surface area contributed by atoms with Crippen LogP contribution in [0.2, 0.25) is 10.0 Å². The average molecular weight is 277 g/mol. The molecule has 0 unspecified atom stereocenters. The van der Waals surface area contributed by atoms with Crippen LogP contribution in [0.25, 0.3) is 0 Å². The van der Waals surface area contributed by atoms with Crippen molar-refractivity contribution in [2.24, 2.45) is 0 Å². The van der Waals surface area contributed by atoms with Crippen LogP contribution in [0.1, 0.15) is 0 Å². The topological polar surface area (TPSA) is 38.9 Å². The number of thiazole rings is 1. The second-order valence-electron chi connectivity index (χ2n) is 2.71. The van der Waals surface area contributed by atoms with Gasteiger partial charge in [-0.2, -0.15) is 0 Å². The fraction of sp³-hybridized carbons (Fsp3) is 0. The molecule has 0 bridgehead atoms. The van der Waals surface area contributed by atoms with Gasteiger partial charge < -0.3 is 5.73 Å². The van der Waals surface area contributed by atoms with Gasteiger partial charge in [-0.1, -0.05) is 35.0 Å². The Kier molecular flexibility index (Phi) is 3.41. The van der Waals surface area contributed by atoms with Gasteiger partial charge in [-0.05, 0) is 12.1 Å². The van der Waals surface area contributed by atoms with Crippen LogP contribution < -0.4 is 5.73 Å². The molecule has 0 saturated carbocycles. The number of benzene rings is 1. The van der Waals surface area contributed by atoms with Gasteiger partial charge in [0, 0.05) is 17.3 Å². The number of halogens is 2. The first-order chi connectivity index (χ1) is 7.16. The molecule has 1 aromatic carbocycles. The second-order valence-corrected chi connectivity index (χ2v) is 5.68. The Morgan fingerprint density at radius 3 is 2.47 bits per heavy atom. The molecular weight excluding hydrogens is 271 g/mol. The van der Waals surface area contributed by atoms with Crippen molar-refractivity contribution in [2.45, 2.75) is 9.24 Å². The molecule has 2 N–H and O–H groups in total. The number of hydrogen-bond acceptors (Lipinski definition) is 4. The number of nitrogens with two attached hydrogens (primary N) is 1. The lowest BCUT2D eigenvalue weighted by molar-refractivity contribution is 1.25. The van der Waals surface area contributed by atoms with Gasteiger partial charge in [-0.3, -0.25) is 0 Å². The van der Waals surface area contributed by atoms with Gasteiger partial charge in [0.2, 0.25) is 0 Å². The number of rotatable bonds is 2. The highest BCUT2D eigenvalue weighted by molar-refractivity contribution is 8.01. The fourth-order valence-corrected chi connectivity index (χ4v) is 3.33. The molecule has 0 amide bonds. The first-order valence-electron chi connectivity index (χ1n) is 3.98. The maximum absolute atomic E-state index is 6.04. The molecule has 2 nitrogen and oxygen atoms in total. The van der Waals surface area contributed by atoms with E-state index in [1.165, 1.54) is 11.8 Å². The van der Waals surface area contributed by atoms with E-state index in [0.717, 1.165) is 9.24 Å². The summed E-state index contributed by atoms with van der Waals surface area (Å²) in [7, 11) is 0. The highest BCUT2D eigenvalue weighted by Gasteiger charge is 2.10. The molecule has 0 radical (unpaired) electrons. The summed E-state index contributed by atoms with van der Waals surface area (Å²) in [6.07, 6.45) is 1.74. The van der Waals surface area contributed by atoms with Crippen LogP contribution in [0.5, 0.6) is 0 Å². The first kappa shape index (κ1) is 11.1. The van der Waals surface area contributed by atoms with E-state index < -0.39 is 0 Å². The predicted octanol–water partition coefficient (Wildman–Crippen LogP) is 4.18. The Labute approximate surface area is 105 Å². The lowest BCUT2D eigenvalue weighted by atomic mass is 10.3. The van der Waals surface area contributed by atoms with E-state index in [2.05, 4.69) is 4.98 Å². The third-order valence-electron chi connectivity index (χ3n) is 1.62. The Balaban J connectivity index is 2.36. The summed E-state index contributed by atoms with van der Waals surface area (Å²) < 4.78 is 0.906. The van der Waals surface area contributed by atoms with Crippen molar-refractivity contribution >= 4 is 52.0 Å². The molecule has 0 saturated heterocycles. The van der Waals surface area contributed by atoms with Gasteiger partial charge in [0.25, 0.3) is 0 Å². The monoisotopic (exact) mass is 276 g/mol. The van der Waals surface area contributed by atoms with E-state index in [1.807, 2.05) is 5.38 Å². The molecule has 0 aliphatic rings. The van der Waals surface area contributed by atoms with Crippen LogP contribution in [0.15, 0.2) is 32.9 Å². The summed E-state index contributed by atoms with van der Waals surface area (Å²) in [6.45, 7) is 0. The Hall–Kier alpha value is -0.420. The Morgan fingerprint density at radius 2 is 1.93 bits per heavy atom. The van der Waals surface area contributed by atoms with Gasteiger partial charge in [-0.25, -0.2) is 4.98 Å². The van der Waals surface area contributed by atoms with Gasteiger partial charge in [0.1, 0.15) is 0 Å². The summed E-state index contributed by atoms with van der Waals surface area (Å²) in [5, 5.41) is 3.02. The van der Waals surface area contributed by atoms with Crippen molar-refractivity contribution in [1.82, 2.24) is 4.98 Å². The van der Waals surface area contributed by atoms with Gasteiger partial charge in [0.05, 0.1) is 14.9 Å². The Morgan fingerprint density at radius 1 is 1.27 bits per heavy atom. The maximum Gasteiger partial charge on any atom is 0.154 e. The van der Waals surface area contributed by atoms with E-state index in [4.69, 9.17) is 28.9 Å². The largest absolute Gasteiger partial charge is 0.399 e. The van der Waals surface area contributed by atoms with Crippen LogP contribution in [0, 0.1) is 0 Å². The molecule has 0 atom stereocenters. The van der Waals surface area contributed by atoms with Crippen LogP contribution in [0.4, 0.5) is 5.69 Å². The van der Waals surface area contributed by atoms with Crippen molar-refractivity contribution in [3.05, 3.63) is 33.8 Å². The van der Waals surface area contributed by atoms with Gasteiger partial charge >= 0.3 is 0 Å². The molecule has 1 heterocycles. The minimum Gasteiger partial charge on any atom is -0.399 e. The first-order valence-corrected chi connectivity index (χ1v) is 6.44. The minimum absolute atomic E-state index is 0.556. The van der Waals surface area contributed by atoms with E-state index >= 15 is 0 Å². The maximum atomic E-state index is 6.04. The lowest BCUT2D eigenvalue weighted by Crippen LogP contribution is -1.86. The van der Waals surface area contributed by atoms with Crippen molar-refractivity contribution in [3.63, 3.8) is 0 Å². The van der Waals surface area contributed by atoms with E-state index in [0.29, 0.717) is 15.7 Å². The SMILES string of the molecule is Nc1cc(Cl)c(Sc2nccs2)c(Cl)c1. The Bertz CT molecular complexity index is 448. The molecule has 1 aromatic heterocycles. The van der Waals surface area contributed by atoms with Crippen LogP contribution in [0.3, 0.4) is 0 Å². The summed E-state index contributed by atoms with van der Waals surface area (Å²) in [6, 6.07) is 3.37. The summed E-state index contributed by atoms with van der Waals surface area (Å²) in [5.41, 5.74) is 6.17. The van der Waals surface area contributed by atoms with Crippen molar-refractivity contribution in [1.29, 1.82) is 0 Å². The van der Waals surface area contributed by atoms with Crippen molar-refractivity contribution < 1.29 is 0 Å². The minimum atomic E-state index is 0.556. The molecule has 0 aliphatic carbocycles. The number of nitrogen functional groups attached to an aromatic ring is 1. The number of anilines is 1. The van der Waals surface area contributed by atoms with Gasteiger partial charge in [0.15, 0.2) is 4.34 Å².